The van der Waals surface area contributed by atoms with E-state index in [0.717, 1.165) is 0 Å². The fourth-order valence-corrected chi connectivity index (χ4v) is 4.64. The fourth-order valence-electron chi connectivity index (χ4n) is 4.64. The number of ether oxygens (including phenoxy) is 3. The van der Waals surface area contributed by atoms with Gasteiger partial charge in [-0.1, -0.05) is 13.8 Å². The van der Waals surface area contributed by atoms with Crippen LogP contribution < -0.4 is 16.0 Å². The quantitative estimate of drug-likeness (QED) is 0.301. The minimum absolute atomic E-state index is 0.168. The SMILES string of the molecule is CN[C@@H]1[C@H](O)[C@H](NC)C2O[C@]3(O)C(OC2[C@H]1O)O[C@H](C)C[C@H]3NC(=O)CC(C)C. The number of likely N-dealkylation sites (N-methyl/N-ethyl adjacent to an activating group) is 2. The highest BCUT2D eigenvalue weighted by Crippen LogP contribution is 2.41. The lowest BCUT2D eigenvalue weighted by molar-refractivity contribution is -0.449. The zero-order chi connectivity index (χ0) is 21.5. The maximum atomic E-state index is 12.4. The number of aliphatic hydroxyl groups is 3. The van der Waals surface area contributed by atoms with Gasteiger partial charge in [-0.05, 0) is 33.4 Å². The van der Waals surface area contributed by atoms with Crippen LogP contribution in [0, 0.1) is 5.92 Å². The van der Waals surface area contributed by atoms with E-state index in [9.17, 15) is 20.1 Å². The number of amides is 1. The van der Waals surface area contributed by atoms with Crippen molar-refractivity contribution in [1.29, 1.82) is 0 Å². The Morgan fingerprint density at radius 3 is 2.34 bits per heavy atom. The van der Waals surface area contributed by atoms with Crippen LogP contribution in [-0.2, 0) is 19.0 Å². The fraction of sp³-hybridized carbons (Fsp3) is 0.947. The lowest BCUT2D eigenvalue weighted by Gasteiger charge is -2.58. The molecule has 1 amide bonds. The summed E-state index contributed by atoms with van der Waals surface area (Å²) in [6.45, 7) is 5.70. The highest BCUT2D eigenvalue weighted by atomic mass is 16.8. The highest BCUT2D eigenvalue weighted by Gasteiger charge is 2.63. The Morgan fingerprint density at radius 1 is 1.10 bits per heavy atom. The first-order chi connectivity index (χ1) is 13.6. The first kappa shape index (κ1) is 22.8. The van der Waals surface area contributed by atoms with Crippen molar-refractivity contribution >= 4 is 5.91 Å². The molecule has 0 radical (unpaired) electrons. The van der Waals surface area contributed by atoms with Crippen LogP contribution in [-0.4, -0.2) is 96.0 Å². The van der Waals surface area contributed by atoms with Crippen molar-refractivity contribution in [2.75, 3.05) is 14.1 Å². The second-order valence-corrected chi connectivity index (χ2v) is 8.78. The predicted octanol–water partition coefficient (Wildman–Crippen LogP) is -1.96. The maximum Gasteiger partial charge on any atom is 0.239 e. The zero-order valence-corrected chi connectivity index (χ0v) is 17.7. The standard InChI is InChI=1S/C19H35N3O7/c1-8(2)6-11(23)22-10-7-9(3)27-18-19(10,26)29-16-13(21-5)14(24)12(20-4)15(25)17(16)28-18/h8-10,12-18,20-21,24-26H,6-7H2,1-5H3,(H,22,23)/t9-,10-,12-,13+,14+,15+,16?,17?,18?,19+/m1/s1. The number of hydrogen-bond acceptors (Lipinski definition) is 9. The molecule has 1 aliphatic carbocycles. The van der Waals surface area contributed by atoms with E-state index >= 15 is 0 Å². The van der Waals surface area contributed by atoms with Crippen LogP contribution in [0.25, 0.3) is 0 Å². The molecule has 10 heteroatoms. The average molecular weight is 418 g/mol. The van der Waals surface area contributed by atoms with Crippen LogP contribution in [0.3, 0.4) is 0 Å². The predicted molar refractivity (Wildman–Crippen MR) is 103 cm³/mol. The Labute approximate surface area is 171 Å². The number of carbonyl (C=O) groups excluding carboxylic acids is 1. The number of aliphatic hydroxyl groups excluding tert-OH is 2. The van der Waals surface area contributed by atoms with Gasteiger partial charge in [-0.25, -0.2) is 0 Å². The zero-order valence-electron chi connectivity index (χ0n) is 17.7. The molecule has 0 aromatic rings. The molecule has 3 rings (SSSR count). The minimum Gasteiger partial charge on any atom is -0.390 e. The molecular weight excluding hydrogens is 382 g/mol. The summed E-state index contributed by atoms with van der Waals surface area (Å²) in [7, 11) is 3.31. The number of fused-ring (bicyclic) bond motifs is 2. The molecule has 3 fully saturated rings. The summed E-state index contributed by atoms with van der Waals surface area (Å²) in [6, 6.07) is -2.01. The molecular formula is C19H35N3O7. The molecule has 2 saturated heterocycles. The van der Waals surface area contributed by atoms with Crippen LogP contribution in [0.2, 0.25) is 0 Å². The van der Waals surface area contributed by atoms with Gasteiger partial charge in [0.2, 0.25) is 18.0 Å². The summed E-state index contributed by atoms with van der Waals surface area (Å²) in [5.74, 6) is -1.97. The number of hydrogen-bond donors (Lipinski definition) is 6. The molecule has 0 aromatic carbocycles. The van der Waals surface area contributed by atoms with E-state index in [2.05, 4.69) is 16.0 Å². The summed E-state index contributed by atoms with van der Waals surface area (Å²) in [6.07, 6.45) is -4.57. The van der Waals surface area contributed by atoms with Gasteiger partial charge >= 0.3 is 0 Å². The Balaban J connectivity index is 1.87. The number of nitrogens with one attached hydrogen (secondary N) is 3. The third-order valence-electron chi connectivity index (χ3n) is 6.08. The van der Waals surface area contributed by atoms with Gasteiger partial charge in [0, 0.05) is 6.42 Å². The van der Waals surface area contributed by atoms with Gasteiger partial charge in [0.1, 0.15) is 18.3 Å². The number of carbonyl (C=O) groups is 1. The Kier molecular flexibility index (Phi) is 6.86. The van der Waals surface area contributed by atoms with E-state index in [1.807, 2.05) is 20.8 Å². The van der Waals surface area contributed by atoms with E-state index < -0.39 is 54.6 Å². The Bertz CT molecular complexity index is 594. The summed E-state index contributed by atoms with van der Waals surface area (Å²) in [5, 5.41) is 41.6. The molecule has 29 heavy (non-hydrogen) atoms. The molecule has 0 bridgehead atoms. The summed E-state index contributed by atoms with van der Waals surface area (Å²) in [4.78, 5) is 12.4. The first-order valence-electron chi connectivity index (χ1n) is 10.3. The van der Waals surface area contributed by atoms with Crippen molar-refractivity contribution in [3.8, 4) is 0 Å². The van der Waals surface area contributed by atoms with Gasteiger partial charge in [-0.3, -0.25) is 4.79 Å². The van der Waals surface area contributed by atoms with Crippen LogP contribution in [0.5, 0.6) is 0 Å². The van der Waals surface area contributed by atoms with Crippen LogP contribution in [0.15, 0.2) is 0 Å². The van der Waals surface area contributed by atoms with E-state index in [1.165, 1.54) is 0 Å². The number of rotatable bonds is 5. The molecule has 1 saturated carbocycles. The molecule has 0 aromatic heterocycles. The largest absolute Gasteiger partial charge is 0.390 e. The van der Waals surface area contributed by atoms with Gasteiger partial charge in [-0.2, -0.15) is 0 Å². The monoisotopic (exact) mass is 417 g/mol. The van der Waals surface area contributed by atoms with Gasteiger partial charge < -0.3 is 45.5 Å². The van der Waals surface area contributed by atoms with E-state index in [1.54, 1.807) is 14.1 Å². The van der Waals surface area contributed by atoms with Crippen LogP contribution >= 0.6 is 0 Å². The summed E-state index contributed by atoms with van der Waals surface area (Å²) < 4.78 is 17.8. The minimum atomic E-state index is -1.94. The lowest BCUT2D eigenvalue weighted by atomic mass is 9.79. The average Bonchev–Trinajstić information content (AvgIpc) is 2.62. The van der Waals surface area contributed by atoms with E-state index in [0.29, 0.717) is 12.8 Å². The summed E-state index contributed by atoms with van der Waals surface area (Å²) in [5.41, 5.74) is 0. The van der Waals surface area contributed by atoms with Crippen molar-refractivity contribution in [2.45, 2.75) is 94.3 Å². The van der Waals surface area contributed by atoms with Crippen molar-refractivity contribution in [1.82, 2.24) is 16.0 Å². The van der Waals surface area contributed by atoms with Crippen LogP contribution in [0.1, 0.15) is 33.6 Å². The lowest BCUT2D eigenvalue weighted by Crippen LogP contribution is -2.79. The second kappa shape index (κ2) is 8.72. The Morgan fingerprint density at radius 2 is 1.76 bits per heavy atom. The molecule has 168 valence electrons. The van der Waals surface area contributed by atoms with Gasteiger partial charge in [-0.15, -0.1) is 0 Å². The highest BCUT2D eigenvalue weighted by molar-refractivity contribution is 5.76. The van der Waals surface area contributed by atoms with E-state index in [4.69, 9.17) is 14.2 Å². The molecule has 10 atom stereocenters. The van der Waals surface area contributed by atoms with Gasteiger partial charge in [0.05, 0.1) is 30.3 Å². The molecule has 6 N–H and O–H groups in total. The molecule has 3 aliphatic rings. The van der Waals surface area contributed by atoms with Crippen molar-refractivity contribution in [3.05, 3.63) is 0 Å². The van der Waals surface area contributed by atoms with Crippen molar-refractivity contribution in [3.63, 3.8) is 0 Å². The third kappa shape index (κ3) is 4.17. The second-order valence-electron chi connectivity index (χ2n) is 8.78. The Hall–Kier alpha value is -0.850. The normalized spacial score (nSPS) is 47.4. The first-order valence-corrected chi connectivity index (χ1v) is 10.3. The molecule has 0 spiro atoms. The topological polar surface area (TPSA) is 142 Å². The van der Waals surface area contributed by atoms with E-state index in [-0.39, 0.29) is 17.9 Å². The molecule has 2 heterocycles. The summed E-state index contributed by atoms with van der Waals surface area (Å²) >= 11 is 0. The third-order valence-corrected chi connectivity index (χ3v) is 6.08. The molecule has 3 unspecified atom stereocenters. The van der Waals surface area contributed by atoms with Gasteiger partial charge in [0.25, 0.3) is 0 Å². The van der Waals surface area contributed by atoms with Crippen molar-refractivity contribution in [2.24, 2.45) is 5.92 Å². The van der Waals surface area contributed by atoms with Crippen molar-refractivity contribution < 1.29 is 34.3 Å². The van der Waals surface area contributed by atoms with Gasteiger partial charge in [0.15, 0.2) is 0 Å². The van der Waals surface area contributed by atoms with Crippen LogP contribution in [0.4, 0.5) is 0 Å². The molecule has 10 nitrogen and oxygen atoms in total. The maximum absolute atomic E-state index is 12.4. The molecule has 2 aliphatic heterocycles. The smallest absolute Gasteiger partial charge is 0.239 e.